The zero-order chi connectivity index (χ0) is 22.4. The molecule has 2 N–H and O–H groups in total. The monoisotopic (exact) mass is 576 g/mol. The van der Waals surface area contributed by atoms with Gasteiger partial charge in [-0.1, -0.05) is 18.2 Å². The van der Waals surface area contributed by atoms with E-state index in [0.29, 0.717) is 18.4 Å². The Balaban J connectivity index is 0.00000385. The standard InChI is InChI=1S/C25H41FN4O2.HI/c1-2-27-25(28-12-5-15-32-20-22-10-16-31-17-11-22)29-18-21-8-13-30(14-9-21)19-23-6-3-4-7-24(23)26;/h3-4,6-7,21-22H,2,5,8-20H2,1H3,(H2,27,28,29);1H. The van der Waals surface area contributed by atoms with E-state index in [2.05, 4.69) is 22.5 Å². The van der Waals surface area contributed by atoms with Crippen molar-refractivity contribution in [2.75, 3.05) is 59.2 Å². The Labute approximate surface area is 216 Å². The Morgan fingerprint density at radius 3 is 2.61 bits per heavy atom. The van der Waals surface area contributed by atoms with Crippen LogP contribution in [0.1, 0.15) is 44.6 Å². The number of likely N-dealkylation sites (tertiary alicyclic amines) is 1. The van der Waals surface area contributed by atoms with Crippen LogP contribution >= 0.6 is 24.0 Å². The predicted molar refractivity (Wildman–Crippen MR) is 143 cm³/mol. The molecule has 188 valence electrons. The number of piperidine rings is 1. The molecule has 33 heavy (non-hydrogen) atoms. The van der Waals surface area contributed by atoms with Gasteiger partial charge in [0.25, 0.3) is 0 Å². The maximum absolute atomic E-state index is 13.9. The predicted octanol–water partition coefficient (Wildman–Crippen LogP) is 4.04. The molecule has 0 bridgehead atoms. The molecule has 2 saturated heterocycles. The highest BCUT2D eigenvalue weighted by Gasteiger charge is 2.20. The van der Waals surface area contributed by atoms with Crippen molar-refractivity contribution in [3.63, 3.8) is 0 Å². The third-order valence-electron chi connectivity index (χ3n) is 6.36. The van der Waals surface area contributed by atoms with Gasteiger partial charge in [-0.05, 0) is 70.0 Å². The number of hydrogen-bond acceptors (Lipinski definition) is 4. The van der Waals surface area contributed by atoms with Crippen LogP contribution in [0, 0.1) is 17.7 Å². The molecule has 8 heteroatoms. The second-order valence-electron chi connectivity index (χ2n) is 8.94. The number of nitrogens with zero attached hydrogens (tertiary/aromatic N) is 2. The number of ether oxygens (including phenoxy) is 2. The summed E-state index contributed by atoms with van der Waals surface area (Å²) in [5.74, 6) is 2.04. The Kier molecular flexibility index (Phi) is 14.2. The minimum absolute atomic E-state index is 0. The summed E-state index contributed by atoms with van der Waals surface area (Å²) in [6.07, 6.45) is 5.44. The van der Waals surface area contributed by atoms with Crippen LogP contribution in [0.15, 0.2) is 29.3 Å². The van der Waals surface area contributed by atoms with Crippen LogP contribution in [-0.4, -0.2) is 70.0 Å². The first-order valence-electron chi connectivity index (χ1n) is 12.4. The smallest absolute Gasteiger partial charge is 0.191 e. The SMILES string of the molecule is CCNC(=NCC1CCN(Cc2ccccc2F)CC1)NCCCOCC1CCOCC1.I. The maximum Gasteiger partial charge on any atom is 0.191 e. The fourth-order valence-electron chi connectivity index (χ4n) is 4.30. The van der Waals surface area contributed by atoms with E-state index in [1.165, 1.54) is 0 Å². The molecule has 0 amide bonds. The van der Waals surface area contributed by atoms with Crippen LogP contribution in [0.25, 0.3) is 0 Å². The van der Waals surface area contributed by atoms with Crippen molar-refractivity contribution in [3.05, 3.63) is 35.6 Å². The highest BCUT2D eigenvalue weighted by molar-refractivity contribution is 14.0. The molecule has 0 unspecified atom stereocenters. The van der Waals surface area contributed by atoms with Gasteiger partial charge in [-0.2, -0.15) is 0 Å². The molecular weight excluding hydrogens is 534 g/mol. The van der Waals surface area contributed by atoms with Crippen LogP contribution < -0.4 is 10.6 Å². The van der Waals surface area contributed by atoms with Crippen molar-refractivity contribution in [2.24, 2.45) is 16.8 Å². The Morgan fingerprint density at radius 2 is 1.88 bits per heavy atom. The molecule has 2 aliphatic heterocycles. The fraction of sp³-hybridized carbons (Fsp3) is 0.720. The number of nitrogens with one attached hydrogen (secondary N) is 2. The number of halogens is 2. The van der Waals surface area contributed by atoms with E-state index in [4.69, 9.17) is 14.5 Å². The van der Waals surface area contributed by atoms with Gasteiger partial charge in [-0.25, -0.2) is 4.39 Å². The maximum atomic E-state index is 13.9. The van der Waals surface area contributed by atoms with Gasteiger partial charge in [0.15, 0.2) is 5.96 Å². The van der Waals surface area contributed by atoms with Gasteiger partial charge in [0.05, 0.1) is 0 Å². The quantitative estimate of drug-likeness (QED) is 0.180. The van der Waals surface area contributed by atoms with Crippen molar-refractivity contribution in [1.29, 1.82) is 0 Å². The number of aliphatic imine (C=N–C) groups is 1. The van der Waals surface area contributed by atoms with Crippen LogP contribution in [0.5, 0.6) is 0 Å². The average Bonchev–Trinajstić information content (AvgIpc) is 2.82. The number of benzene rings is 1. The average molecular weight is 577 g/mol. The third kappa shape index (κ3) is 10.9. The van der Waals surface area contributed by atoms with Gasteiger partial charge in [0.1, 0.15) is 5.82 Å². The summed E-state index contributed by atoms with van der Waals surface area (Å²) in [6, 6.07) is 7.09. The van der Waals surface area contributed by atoms with Gasteiger partial charge < -0.3 is 20.1 Å². The van der Waals surface area contributed by atoms with Crippen LogP contribution in [-0.2, 0) is 16.0 Å². The number of guanidine groups is 1. The largest absolute Gasteiger partial charge is 0.381 e. The molecule has 0 aliphatic carbocycles. The summed E-state index contributed by atoms with van der Waals surface area (Å²) in [6.45, 7) is 10.7. The second-order valence-corrected chi connectivity index (χ2v) is 8.94. The fourth-order valence-corrected chi connectivity index (χ4v) is 4.30. The van der Waals surface area contributed by atoms with Gasteiger partial charge in [-0.3, -0.25) is 9.89 Å². The normalized spacial score (nSPS) is 18.7. The molecule has 0 radical (unpaired) electrons. The number of rotatable bonds is 11. The zero-order valence-corrected chi connectivity index (χ0v) is 22.4. The minimum atomic E-state index is -0.102. The summed E-state index contributed by atoms with van der Waals surface area (Å²) in [7, 11) is 0. The van der Waals surface area contributed by atoms with Crippen LogP contribution in [0.4, 0.5) is 4.39 Å². The van der Waals surface area contributed by atoms with E-state index >= 15 is 0 Å². The molecule has 6 nitrogen and oxygen atoms in total. The summed E-state index contributed by atoms with van der Waals surface area (Å²) in [5.41, 5.74) is 0.791. The summed E-state index contributed by atoms with van der Waals surface area (Å²) >= 11 is 0. The van der Waals surface area contributed by atoms with E-state index in [9.17, 15) is 4.39 Å². The Hall–Kier alpha value is -0.970. The summed E-state index contributed by atoms with van der Waals surface area (Å²) in [5, 5.41) is 6.78. The van der Waals surface area contributed by atoms with Crippen molar-refractivity contribution < 1.29 is 13.9 Å². The van der Waals surface area contributed by atoms with Crippen molar-refractivity contribution in [2.45, 2.75) is 45.6 Å². The molecule has 3 rings (SSSR count). The molecule has 2 aliphatic rings. The Morgan fingerprint density at radius 1 is 1.12 bits per heavy atom. The lowest BCUT2D eigenvalue weighted by molar-refractivity contribution is 0.0203. The molecule has 2 fully saturated rings. The molecular formula is C25H42FIN4O2. The second kappa shape index (κ2) is 16.6. The molecule has 1 aromatic rings. The summed E-state index contributed by atoms with van der Waals surface area (Å²) < 4.78 is 25.1. The molecule has 0 saturated carbocycles. The number of hydrogen-bond donors (Lipinski definition) is 2. The van der Waals surface area contributed by atoms with E-state index in [1.807, 2.05) is 12.1 Å². The first kappa shape index (κ1) is 28.3. The van der Waals surface area contributed by atoms with Gasteiger partial charge in [0.2, 0.25) is 0 Å². The van der Waals surface area contributed by atoms with Crippen LogP contribution in [0.2, 0.25) is 0 Å². The van der Waals surface area contributed by atoms with Crippen molar-refractivity contribution >= 4 is 29.9 Å². The molecule has 0 aromatic heterocycles. The van der Waals surface area contributed by atoms with E-state index in [0.717, 1.165) is 103 Å². The minimum Gasteiger partial charge on any atom is -0.381 e. The molecule has 0 atom stereocenters. The first-order valence-corrected chi connectivity index (χ1v) is 12.4. The highest BCUT2D eigenvalue weighted by Crippen LogP contribution is 2.20. The van der Waals surface area contributed by atoms with Crippen molar-refractivity contribution in [3.8, 4) is 0 Å². The van der Waals surface area contributed by atoms with E-state index in [1.54, 1.807) is 12.1 Å². The lowest BCUT2D eigenvalue weighted by atomic mass is 9.96. The molecule has 0 spiro atoms. The highest BCUT2D eigenvalue weighted by atomic mass is 127. The summed E-state index contributed by atoms with van der Waals surface area (Å²) in [4.78, 5) is 7.16. The topological polar surface area (TPSA) is 58.1 Å². The van der Waals surface area contributed by atoms with Gasteiger partial charge >= 0.3 is 0 Å². The van der Waals surface area contributed by atoms with E-state index in [-0.39, 0.29) is 29.8 Å². The van der Waals surface area contributed by atoms with Crippen LogP contribution in [0.3, 0.4) is 0 Å². The van der Waals surface area contributed by atoms with E-state index < -0.39 is 0 Å². The van der Waals surface area contributed by atoms with Gasteiger partial charge in [-0.15, -0.1) is 24.0 Å². The first-order chi connectivity index (χ1) is 15.7. The Bertz CT molecular complexity index is 680. The molecule has 2 heterocycles. The third-order valence-corrected chi connectivity index (χ3v) is 6.36. The zero-order valence-electron chi connectivity index (χ0n) is 20.1. The van der Waals surface area contributed by atoms with Gasteiger partial charge in [0, 0.05) is 58.2 Å². The lowest BCUT2D eigenvalue weighted by Crippen LogP contribution is -2.39. The molecule has 1 aromatic carbocycles. The van der Waals surface area contributed by atoms with Crippen molar-refractivity contribution in [1.82, 2.24) is 15.5 Å². The lowest BCUT2D eigenvalue weighted by Gasteiger charge is -2.31.